The summed E-state index contributed by atoms with van der Waals surface area (Å²) in [5.74, 6) is 0. The Morgan fingerprint density at radius 3 is 1.36 bits per heavy atom. The molecule has 0 spiro atoms. The van der Waals surface area contributed by atoms with E-state index in [2.05, 4.69) is 0 Å². The number of halogens is 2. The first-order valence-electron chi connectivity index (χ1n) is 6.83. The van der Waals surface area contributed by atoms with Crippen molar-refractivity contribution < 1.29 is 8.83 Å². The second kappa shape index (κ2) is 4.19. The van der Waals surface area contributed by atoms with E-state index in [9.17, 15) is 0 Å². The van der Waals surface area contributed by atoms with Crippen molar-refractivity contribution in [2.75, 3.05) is 0 Å². The number of hydrogen-bond acceptors (Lipinski definition) is 2. The summed E-state index contributed by atoms with van der Waals surface area (Å²) in [4.78, 5) is 0. The summed E-state index contributed by atoms with van der Waals surface area (Å²) in [6.07, 6.45) is 0. The molecule has 0 saturated carbocycles. The van der Waals surface area contributed by atoms with Crippen LogP contribution in [0.4, 0.5) is 0 Å². The smallest absolute Gasteiger partial charge is 0.136 e. The molecule has 5 aromatic rings. The molecule has 0 bridgehead atoms. The average Bonchev–Trinajstić information content (AvgIpc) is 3.02. The zero-order valence-electron chi connectivity index (χ0n) is 11.2. The monoisotopic (exact) mass is 326 g/mol. The number of rotatable bonds is 0. The molecule has 0 unspecified atom stereocenters. The summed E-state index contributed by atoms with van der Waals surface area (Å²) in [5.41, 5.74) is 3.25. The Bertz CT molecular complexity index is 1100. The van der Waals surface area contributed by atoms with E-state index in [0.29, 0.717) is 10.0 Å². The maximum absolute atomic E-state index is 6.10. The van der Waals surface area contributed by atoms with Crippen molar-refractivity contribution >= 4 is 67.1 Å². The lowest BCUT2D eigenvalue weighted by Crippen LogP contribution is -1.69. The molecule has 0 amide bonds. The van der Waals surface area contributed by atoms with Crippen molar-refractivity contribution in [2.24, 2.45) is 0 Å². The fourth-order valence-electron chi connectivity index (χ4n) is 2.99. The van der Waals surface area contributed by atoms with Gasteiger partial charge in [0.2, 0.25) is 0 Å². The van der Waals surface area contributed by atoms with E-state index in [4.69, 9.17) is 32.0 Å². The molecule has 2 heterocycles. The van der Waals surface area contributed by atoms with Crippen LogP contribution in [0.2, 0.25) is 10.0 Å². The van der Waals surface area contributed by atoms with Crippen LogP contribution in [0.15, 0.2) is 57.4 Å². The van der Waals surface area contributed by atoms with Crippen LogP contribution in [0.25, 0.3) is 43.9 Å². The average molecular weight is 327 g/mol. The zero-order chi connectivity index (χ0) is 14.8. The van der Waals surface area contributed by atoms with Crippen molar-refractivity contribution in [3.63, 3.8) is 0 Å². The molecular formula is C18H8Cl2O2. The SMILES string of the molecule is Clc1ccc2oc3cc4c(cc3c2c1)oc1ccc(Cl)cc14. The van der Waals surface area contributed by atoms with Gasteiger partial charge in [-0.25, -0.2) is 0 Å². The highest BCUT2D eigenvalue weighted by Crippen LogP contribution is 2.37. The summed E-state index contributed by atoms with van der Waals surface area (Å²) in [5, 5.41) is 5.34. The van der Waals surface area contributed by atoms with Gasteiger partial charge in [0.25, 0.3) is 0 Å². The Hall–Kier alpha value is -2.16. The molecular weight excluding hydrogens is 319 g/mol. The predicted molar refractivity (Wildman–Crippen MR) is 91.0 cm³/mol. The second-order valence-corrected chi connectivity index (χ2v) is 6.20. The minimum atomic E-state index is 0.687. The minimum absolute atomic E-state index is 0.687. The van der Waals surface area contributed by atoms with Crippen LogP contribution >= 0.6 is 23.2 Å². The van der Waals surface area contributed by atoms with E-state index >= 15 is 0 Å². The molecule has 0 N–H and O–H groups in total. The van der Waals surface area contributed by atoms with Crippen LogP contribution in [-0.2, 0) is 0 Å². The summed E-state index contributed by atoms with van der Waals surface area (Å²) in [6, 6.07) is 15.2. The van der Waals surface area contributed by atoms with Crippen molar-refractivity contribution in [1.82, 2.24) is 0 Å². The summed E-state index contributed by atoms with van der Waals surface area (Å²) in [6.45, 7) is 0. The summed E-state index contributed by atoms with van der Waals surface area (Å²) in [7, 11) is 0. The third-order valence-electron chi connectivity index (χ3n) is 3.99. The molecule has 0 saturated heterocycles. The van der Waals surface area contributed by atoms with Gasteiger partial charge in [-0.1, -0.05) is 23.2 Å². The Morgan fingerprint density at radius 1 is 0.500 bits per heavy atom. The van der Waals surface area contributed by atoms with Gasteiger partial charge in [-0.3, -0.25) is 0 Å². The molecule has 4 heteroatoms. The lowest BCUT2D eigenvalue weighted by atomic mass is 10.1. The van der Waals surface area contributed by atoms with E-state index in [1.54, 1.807) is 0 Å². The molecule has 2 nitrogen and oxygen atoms in total. The molecule has 106 valence electrons. The first kappa shape index (κ1) is 12.4. The fourth-order valence-corrected chi connectivity index (χ4v) is 3.33. The molecule has 0 aliphatic rings. The van der Waals surface area contributed by atoms with Gasteiger partial charge in [0.15, 0.2) is 0 Å². The van der Waals surface area contributed by atoms with Crippen molar-refractivity contribution in [2.45, 2.75) is 0 Å². The third kappa shape index (κ3) is 1.62. The highest BCUT2D eigenvalue weighted by molar-refractivity contribution is 6.32. The van der Waals surface area contributed by atoms with Crippen LogP contribution in [0, 0.1) is 0 Å². The minimum Gasteiger partial charge on any atom is -0.456 e. The maximum atomic E-state index is 6.10. The highest BCUT2D eigenvalue weighted by Gasteiger charge is 2.13. The molecule has 3 aromatic carbocycles. The van der Waals surface area contributed by atoms with E-state index in [-0.39, 0.29) is 0 Å². The van der Waals surface area contributed by atoms with Crippen LogP contribution in [0.1, 0.15) is 0 Å². The highest BCUT2D eigenvalue weighted by atomic mass is 35.5. The second-order valence-electron chi connectivity index (χ2n) is 5.33. The van der Waals surface area contributed by atoms with Gasteiger partial charge in [0.1, 0.15) is 22.3 Å². The van der Waals surface area contributed by atoms with Gasteiger partial charge in [0.05, 0.1) is 0 Å². The maximum Gasteiger partial charge on any atom is 0.136 e. The van der Waals surface area contributed by atoms with Gasteiger partial charge in [-0.15, -0.1) is 0 Å². The molecule has 22 heavy (non-hydrogen) atoms. The Morgan fingerprint density at radius 2 is 0.909 bits per heavy atom. The Labute approximate surface area is 134 Å². The first-order chi connectivity index (χ1) is 10.7. The fraction of sp³-hybridized carbons (Fsp3) is 0. The molecule has 0 radical (unpaired) electrons. The Balaban J connectivity index is 1.99. The number of furan rings is 2. The van der Waals surface area contributed by atoms with Crippen molar-refractivity contribution in [3.8, 4) is 0 Å². The number of fused-ring (bicyclic) bond motifs is 6. The Kier molecular flexibility index (Phi) is 2.36. The largest absolute Gasteiger partial charge is 0.456 e. The van der Waals surface area contributed by atoms with E-state index < -0.39 is 0 Å². The molecule has 0 atom stereocenters. The van der Waals surface area contributed by atoms with Crippen molar-refractivity contribution in [3.05, 3.63) is 58.6 Å². The van der Waals surface area contributed by atoms with E-state index in [1.807, 2.05) is 48.5 Å². The first-order valence-corrected chi connectivity index (χ1v) is 7.58. The molecule has 0 fully saturated rings. The van der Waals surface area contributed by atoms with Crippen LogP contribution in [0.3, 0.4) is 0 Å². The molecule has 2 aromatic heterocycles. The predicted octanol–water partition coefficient (Wildman–Crippen LogP) is 6.79. The van der Waals surface area contributed by atoms with Gasteiger partial charge in [-0.2, -0.15) is 0 Å². The van der Waals surface area contributed by atoms with E-state index in [0.717, 1.165) is 43.9 Å². The summed E-state index contributed by atoms with van der Waals surface area (Å²) >= 11 is 12.2. The molecule has 5 rings (SSSR count). The molecule has 0 aliphatic carbocycles. The van der Waals surface area contributed by atoms with Crippen molar-refractivity contribution in [1.29, 1.82) is 0 Å². The van der Waals surface area contributed by atoms with Crippen LogP contribution < -0.4 is 0 Å². The summed E-state index contributed by atoms with van der Waals surface area (Å²) < 4.78 is 11.9. The normalized spacial score (nSPS) is 12.1. The number of benzene rings is 3. The van der Waals surface area contributed by atoms with E-state index in [1.165, 1.54) is 0 Å². The standard InChI is InChI=1S/C18H8Cl2O2/c19-9-1-3-15-11(5-9)13-7-18-14(8-17(13)21-15)12-6-10(20)2-4-16(12)22-18/h1-8H. The van der Waals surface area contributed by atoms with Gasteiger partial charge >= 0.3 is 0 Å². The van der Waals surface area contributed by atoms with Crippen LogP contribution in [0.5, 0.6) is 0 Å². The van der Waals surface area contributed by atoms with Crippen LogP contribution in [-0.4, -0.2) is 0 Å². The van der Waals surface area contributed by atoms with Gasteiger partial charge in [0, 0.05) is 31.6 Å². The lowest BCUT2D eigenvalue weighted by molar-refractivity contribution is 0.664. The third-order valence-corrected chi connectivity index (χ3v) is 4.46. The van der Waals surface area contributed by atoms with Gasteiger partial charge < -0.3 is 8.83 Å². The lowest BCUT2D eigenvalue weighted by Gasteiger charge is -1.92. The molecule has 0 aliphatic heterocycles. The van der Waals surface area contributed by atoms with Gasteiger partial charge in [-0.05, 0) is 48.5 Å². The topological polar surface area (TPSA) is 26.3 Å². The zero-order valence-corrected chi connectivity index (χ0v) is 12.7. The quantitative estimate of drug-likeness (QED) is 0.313. The number of hydrogen-bond donors (Lipinski definition) is 0.